The Balaban J connectivity index is 1.34. The van der Waals surface area contributed by atoms with E-state index in [0.717, 1.165) is 38.2 Å². The van der Waals surface area contributed by atoms with E-state index >= 15 is 0 Å². The minimum absolute atomic E-state index is 0.0832. The summed E-state index contributed by atoms with van der Waals surface area (Å²) in [6.45, 7) is 2.90. The molecule has 0 aliphatic carbocycles. The highest BCUT2D eigenvalue weighted by Crippen LogP contribution is 2.42. The number of carboxylic acid groups (broad SMARTS) is 1. The standard InChI is InChI=1S/C22H21ClN2O3/c23-21-15-11-20(22(26)27)28-19(15)6-5-18(21)25-9-7-13(8-10-25)16-12-24-17-4-2-1-3-14(16)17/h1-6,11,13,16,24H,7-10,12H2,(H,26,27). The van der Waals surface area contributed by atoms with Crippen LogP contribution in [0.3, 0.4) is 0 Å². The molecule has 0 saturated carbocycles. The minimum atomic E-state index is -1.08. The average Bonchev–Trinajstić information content (AvgIpc) is 3.34. The van der Waals surface area contributed by atoms with Crippen LogP contribution in [0.15, 0.2) is 46.9 Å². The fourth-order valence-electron chi connectivity index (χ4n) is 4.69. The van der Waals surface area contributed by atoms with Crippen molar-refractivity contribution in [1.82, 2.24) is 0 Å². The number of carboxylic acids is 1. The quantitative estimate of drug-likeness (QED) is 0.636. The van der Waals surface area contributed by atoms with Gasteiger partial charge < -0.3 is 19.7 Å². The number of hydrogen-bond donors (Lipinski definition) is 2. The van der Waals surface area contributed by atoms with Gasteiger partial charge in [-0.25, -0.2) is 4.79 Å². The van der Waals surface area contributed by atoms with E-state index in [2.05, 4.69) is 34.5 Å². The molecule has 1 atom stereocenters. The number of nitrogens with one attached hydrogen (secondary N) is 1. The number of para-hydroxylation sites is 1. The van der Waals surface area contributed by atoms with Crippen LogP contribution in [0.1, 0.15) is 34.9 Å². The molecule has 2 aliphatic heterocycles. The van der Waals surface area contributed by atoms with Crippen molar-refractivity contribution in [2.75, 3.05) is 29.9 Å². The Morgan fingerprint density at radius 1 is 1.18 bits per heavy atom. The molecule has 6 heteroatoms. The van der Waals surface area contributed by atoms with Crippen LogP contribution in [-0.2, 0) is 0 Å². The van der Waals surface area contributed by atoms with Crippen molar-refractivity contribution in [3.05, 3.63) is 58.8 Å². The van der Waals surface area contributed by atoms with E-state index in [1.54, 1.807) is 0 Å². The summed E-state index contributed by atoms with van der Waals surface area (Å²) in [6.07, 6.45) is 2.22. The number of benzene rings is 2. The lowest BCUT2D eigenvalue weighted by Gasteiger charge is -2.36. The monoisotopic (exact) mass is 396 g/mol. The van der Waals surface area contributed by atoms with Crippen molar-refractivity contribution in [2.24, 2.45) is 5.92 Å². The average molecular weight is 397 g/mol. The zero-order valence-electron chi connectivity index (χ0n) is 15.3. The SMILES string of the molecule is O=C(O)c1cc2c(Cl)c(N3CCC(C4CNc5ccccc54)CC3)ccc2o1. The first kappa shape index (κ1) is 17.4. The number of rotatable bonds is 3. The predicted molar refractivity (Wildman–Crippen MR) is 111 cm³/mol. The van der Waals surface area contributed by atoms with Gasteiger partial charge in [0.25, 0.3) is 0 Å². The predicted octanol–water partition coefficient (Wildman–Crippen LogP) is 5.21. The maximum Gasteiger partial charge on any atom is 0.371 e. The third kappa shape index (κ3) is 2.81. The number of carbonyl (C=O) groups is 1. The Bertz CT molecular complexity index is 1050. The zero-order valence-corrected chi connectivity index (χ0v) is 16.1. The molecular formula is C22H21ClN2O3. The molecule has 1 saturated heterocycles. The highest BCUT2D eigenvalue weighted by atomic mass is 35.5. The second-order valence-electron chi connectivity index (χ2n) is 7.63. The summed E-state index contributed by atoms with van der Waals surface area (Å²) >= 11 is 6.62. The van der Waals surface area contributed by atoms with E-state index in [-0.39, 0.29) is 5.76 Å². The third-order valence-corrected chi connectivity index (χ3v) is 6.54. The highest BCUT2D eigenvalue weighted by Gasteiger charge is 2.32. The molecule has 28 heavy (non-hydrogen) atoms. The molecule has 1 fully saturated rings. The molecule has 2 N–H and O–H groups in total. The van der Waals surface area contributed by atoms with E-state index in [4.69, 9.17) is 21.1 Å². The van der Waals surface area contributed by atoms with E-state index < -0.39 is 5.97 Å². The molecule has 2 aliphatic rings. The Kier molecular flexibility index (Phi) is 4.20. The van der Waals surface area contributed by atoms with Gasteiger partial charge in [0.2, 0.25) is 5.76 Å². The van der Waals surface area contributed by atoms with Crippen molar-refractivity contribution in [1.29, 1.82) is 0 Å². The van der Waals surface area contributed by atoms with Crippen LogP contribution < -0.4 is 10.2 Å². The highest BCUT2D eigenvalue weighted by molar-refractivity contribution is 6.38. The van der Waals surface area contributed by atoms with Crippen molar-refractivity contribution in [2.45, 2.75) is 18.8 Å². The molecule has 3 heterocycles. The third-order valence-electron chi connectivity index (χ3n) is 6.15. The molecule has 5 nitrogen and oxygen atoms in total. The first-order valence-electron chi connectivity index (χ1n) is 9.65. The van der Waals surface area contributed by atoms with Crippen LogP contribution in [0.25, 0.3) is 11.0 Å². The minimum Gasteiger partial charge on any atom is -0.475 e. The zero-order chi connectivity index (χ0) is 19.3. The van der Waals surface area contributed by atoms with Gasteiger partial charge in [0.1, 0.15) is 5.58 Å². The Hall–Kier alpha value is -2.66. The number of halogens is 1. The summed E-state index contributed by atoms with van der Waals surface area (Å²) in [7, 11) is 0. The van der Waals surface area contributed by atoms with Gasteiger partial charge >= 0.3 is 5.97 Å². The molecule has 0 amide bonds. The molecule has 1 aromatic heterocycles. The Morgan fingerprint density at radius 2 is 1.96 bits per heavy atom. The lowest BCUT2D eigenvalue weighted by molar-refractivity contribution is 0.0665. The summed E-state index contributed by atoms with van der Waals surface area (Å²) in [6, 6.07) is 13.9. The van der Waals surface area contributed by atoms with Gasteiger partial charge in [-0.3, -0.25) is 0 Å². The van der Waals surface area contributed by atoms with Crippen LogP contribution in [0, 0.1) is 5.92 Å². The number of nitrogens with zero attached hydrogens (tertiary/aromatic N) is 1. The van der Waals surface area contributed by atoms with Gasteiger partial charge in [-0.05, 0) is 42.5 Å². The number of fused-ring (bicyclic) bond motifs is 2. The van der Waals surface area contributed by atoms with Crippen LogP contribution in [0.5, 0.6) is 0 Å². The summed E-state index contributed by atoms with van der Waals surface area (Å²) in [4.78, 5) is 13.5. The lowest BCUT2D eigenvalue weighted by Crippen LogP contribution is -2.36. The van der Waals surface area contributed by atoms with Gasteiger partial charge in [-0.15, -0.1) is 0 Å². The van der Waals surface area contributed by atoms with Gasteiger partial charge in [-0.1, -0.05) is 29.8 Å². The van der Waals surface area contributed by atoms with Crippen LogP contribution in [0.4, 0.5) is 11.4 Å². The van der Waals surface area contributed by atoms with Crippen molar-refractivity contribution < 1.29 is 14.3 Å². The van der Waals surface area contributed by atoms with E-state index in [1.165, 1.54) is 17.3 Å². The molecule has 3 aromatic rings. The van der Waals surface area contributed by atoms with Crippen LogP contribution >= 0.6 is 11.6 Å². The number of aromatic carboxylic acids is 1. The summed E-state index contributed by atoms with van der Waals surface area (Å²) in [5, 5.41) is 13.9. The molecule has 2 aromatic carbocycles. The number of piperidine rings is 1. The van der Waals surface area contributed by atoms with E-state index in [9.17, 15) is 4.79 Å². The summed E-state index contributed by atoms with van der Waals surface area (Å²) < 4.78 is 5.36. The van der Waals surface area contributed by atoms with Gasteiger partial charge in [-0.2, -0.15) is 0 Å². The van der Waals surface area contributed by atoms with Gasteiger partial charge in [0, 0.05) is 42.7 Å². The maximum atomic E-state index is 11.2. The van der Waals surface area contributed by atoms with Crippen molar-refractivity contribution >= 4 is 39.9 Å². The summed E-state index contributed by atoms with van der Waals surface area (Å²) in [5.41, 5.74) is 4.18. The van der Waals surface area contributed by atoms with Gasteiger partial charge in [0.05, 0.1) is 10.7 Å². The molecular weight excluding hydrogens is 376 g/mol. The van der Waals surface area contributed by atoms with Crippen LogP contribution in [-0.4, -0.2) is 30.7 Å². The largest absolute Gasteiger partial charge is 0.475 e. The molecule has 1 unspecified atom stereocenters. The Morgan fingerprint density at radius 3 is 2.75 bits per heavy atom. The van der Waals surface area contributed by atoms with Crippen molar-refractivity contribution in [3.63, 3.8) is 0 Å². The second kappa shape index (κ2) is 6.74. The first-order chi connectivity index (χ1) is 13.6. The van der Waals surface area contributed by atoms with Crippen molar-refractivity contribution in [3.8, 4) is 0 Å². The molecule has 0 radical (unpaired) electrons. The molecule has 5 rings (SSSR count). The fourth-order valence-corrected chi connectivity index (χ4v) is 5.02. The maximum absolute atomic E-state index is 11.2. The van der Waals surface area contributed by atoms with E-state index in [1.807, 2.05) is 12.1 Å². The summed E-state index contributed by atoms with van der Waals surface area (Å²) in [5.74, 6) is 0.0611. The number of furan rings is 1. The molecule has 144 valence electrons. The fraction of sp³-hybridized carbons (Fsp3) is 0.318. The normalized spacial score (nSPS) is 19.6. The lowest BCUT2D eigenvalue weighted by atomic mass is 9.81. The van der Waals surface area contributed by atoms with Crippen LogP contribution in [0.2, 0.25) is 5.02 Å². The number of hydrogen-bond acceptors (Lipinski definition) is 4. The van der Waals surface area contributed by atoms with E-state index in [0.29, 0.717) is 27.8 Å². The second-order valence-corrected chi connectivity index (χ2v) is 8.00. The molecule has 0 spiro atoms. The number of anilines is 2. The Labute approximate surface area is 167 Å². The topological polar surface area (TPSA) is 65.7 Å². The van der Waals surface area contributed by atoms with Gasteiger partial charge in [0.15, 0.2) is 0 Å². The molecule has 0 bridgehead atoms. The smallest absolute Gasteiger partial charge is 0.371 e. The first-order valence-corrected chi connectivity index (χ1v) is 10.0.